The van der Waals surface area contributed by atoms with E-state index in [1.807, 2.05) is 6.92 Å². The first-order chi connectivity index (χ1) is 17.5. The first kappa shape index (κ1) is 29.7. The molecule has 0 aliphatic carbocycles. The van der Waals surface area contributed by atoms with Crippen LogP contribution in [0, 0.1) is 0 Å². The Kier molecular flexibility index (Phi) is 8.66. The molecule has 3 rings (SSSR count). The first-order valence-electron chi connectivity index (χ1n) is 12.0. The zero-order valence-corrected chi connectivity index (χ0v) is 22.3. The zero-order valence-electron chi connectivity index (χ0n) is 21.5. The Morgan fingerprint density at radius 1 is 1.21 bits per heavy atom. The van der Waals surface area contributed by atoms with E-state index in [0.29, 0.717) is 17.9 Å². The smallest absolute Gasteiger partial charge is 0.388 e. The maximum absolute atomic E-state index is 14.1. The molecule has 0 saturated carbocycles. The molecule has 0 radical (unpaired) electrons. The Balaban J connectivity index is 2.09. The molecule has 8 nitrogen and oxygen atoms in total. The van der Waals surface area contributed by atoms with Gasteiger partial charge in [-0.3, -0.25) is 9.59 Å². The van der Waals surface area contributed by atoms with Crippen LogP contribution in [0.15, 0.2) is 12.3 Å². The van der Waals surface area contributed by atoms with Crippen molar-refractivity contribution in [3.05, 3.63) is 28.5 Å². The van der Waals surface area contributed by atoms with Crippen molar-refractivity contribution in [1.29, 1.82) is 0 Å². The number of likely N-dealkylation sites (tertiary alicyclic amines) is 1. The number of hydrogen-bond acceptors (Lipinski definition) is 7. The molecule has 1 fully saturated rings. The summed E-state index contributed by atoms with van der Waals surface area (Å²) < 4.78 is 67.1. The SMILES string of the molecule is CC(NC(=O)c1nc(C(=O)N2CCC[C@@H]2C)c(-c2cnc(NC(C)C(F)(F)F)cc2C(F)F)s1)C(C)(C)O. The van der Waals surface area contributed by atoms with Crippen molar-refractivity contribution in [2.24, 2.45) is 0 Å². The molecule has 3 heterocycles. The van der Waals surface area contributed by atoms with Gasteiger partial charge in [0.2, 0.25) is 0 Å². The molecule has 1 aliphatic rings. The number of hydrogen-bond donors (Lipinski definition) is 3. The lowest BCUT2D eigenvalue weighted by molar-refractivity contribution is -0.138. The van der Waals surface area contributed by atoms with Crippen molar-refractivity contribution in [3.8, 4) is 10.4 Å². The van der Waals surface area contributed by atoms with Gasteiger partial charge >= 0.3 is 6.18 Å². The Labute approximate surface area is 220 Å². The molecule has 3 N–H and O–H groups in total. The second-order valence-electron chi connectivity index (χ2n) is 9.90. The fourth-order valence-corrected chi connectivity index (χ4v) is 4.77. The van der Waals surface area contributed by atoms with E-state index in [9.17, 15) is 36.6 Å². The highest BCUT2D eigenvalue weighted by molar-refractivity contribution is 7.17. The first-order valence-corrected chi connectivity index (χ1v) is 12.8. The van der Waals surface area contributed by atoms with Gasteiger partial charge in [0.05, 0.1) is 16.5 Å². The highest BCUT2D eigenvalue weighted by Crippen LogP contribution is 2.39. The summed E-state index contributed by atoms with van der Waals surface area (Å²) >= 11 is 0.691. The van der Waals surface area contributed by atoms with E-state index in [-0.39, 0.29) is 27.2 Å². The standard InChI is InChI=1S/C24H30F5N5O3S/c1-11-7-6-8-34(11)22(36)17-18(38-21(33-17)20(35)32-12(2)23(4,5)37)15-10-30-16(9-14(15)19(25)26)31-13(3)24(27,28)29/h9-13,19,37H,6-8H2,1-5H3,(H,30,31)(H,32,35)/t11-,12?,13?/m0/s1. The lowest BCUT2D eigenvalue weighted by atomic mass is 10.0. The predicted molar refractivity (Wildman–Crippen MR) is 132 cm³/mol. The summed E-state index contributed by atoms with van der Waals surface area (Å²) in [6.45, 7) is 7.64. The van der Waals surface area contributed by atoms with Gasteiger partial charge in [-0.1, -0.05) is 0 Å². The molecular weight excluding hydrogens is 533 g/mol. The second kappa shape index (κ2) is 11.1. The van der Waals surface area contributed by atoms with Gasteiger partial charge in [0, 0.05) is 29.9 Å². The van der Waals surface area contributed by atoms with Crippen LogP contribution < -0.4 is 10.6 Å². The van der Waals surface area contributed by atoms with Crippen LogP contribution in [0.2, 0.25) is 0 Å². The van der Waals surface area contributed by atoms with Gasteiger partial charge in [0.25, 0.3) is 18.2 Å². The number of halogens is 5. The minimum absolute atomic E-state index is 0.0478. The molecule has 14 heteroatoms. The largest absolute Gasteiger partial charge is 0.408 e. The highest BCUT2D eigenvalue weighted by Gasteiger charge is 2.37. The molecule has 1 saturated heterocycles. The number of pyridine rings is 1. The number of aromatic nitrogens is 2. The Hall–Kier alpha value is -2.87. The van der Waals surface area contributed by atoms with Gasteiger partial charge in [-0.2, -0.15) is 13.2 Å². The van der Waals surface area contributed by atoms with E-state index in [0.717, 1.165) is 32.0 Å². The minimum atomic E-state index is -4.63. The molecule has 2 unspecified atom stereocenters. The average molecular weight is 564 g/mol. The number of amides is 2. The molecule has 1 aliphatic heterocycles. The number of carbonyl (C=O) groups is 2. The summed E-state index contributed by atoms with van der Waals surface area (Å²) in [4.78, 5) is 35.9. The normalized spacial score (nSPS) is 18.0. The van der Waals surface area contributed by atoms with Crippen LogP contribution in [-0.2, 0) is 0 Å². The van der Waals surface area contributed by atoms with E-state index in [2.05, 4.69) is 20.6 Å². The zero-order chi connectivity index (χ0) is 28.6. The van der Waals surface area contributed by atoms with Crippen molar-refractivity contribution in [3.63, 3.8) is 0 Å². The molecule has 0 spiro atoms. The topological polar surface area (TPSA) is 107 Å². The molecule has 210 valence electrons. The summed E-state index contributed by atoms with van der Waals surface area (Å²) in [5.41, 5.74) is -2.38. The Morgan fingerprint density at radius 3 is 2.39 bits per heavy atom. The second-order valence-corrected chi connectivity index (χ2v) is 10.9. The van der Waals surface area contributed by atoms with Gasteiger partial charge < -0.3 is 20.6 Å². The third kappa shape index (κ3) is 6.57. The summed E-state index contributed by atoms with van der Waals surface area (Å²) in [5.74, 6) is -1.69. The van der Waals surface area contributed by atoms with Crippen molar-refractivity contribution in [2.45, 2.75) is 83.8 Å². The lowest BCUT2D eigenvalue weighted by Crippen LogP contribution is -2.47. The number of rotatable bonds is 8. The monoisotopic (exact) mass is 563 g/mol. The number of thiazole rings is 1. The molecule has 2 aromatic rings. The van der Waals surface area contributed by atoms with Crippen LogP contribution in [0.1, 0.15) is 79.7 Å². The van der Waals surface area contributed by atoms with Crippen molar-refractivity contribution in [1.82, 2.24) is 20.2 Å². The quantitative estimate of drug-likeness (QED) is 0.390. The van der Waals surface area contributed by atoms with Crippen LogP contribution >= 0.6 is 11.3 Å². The average Bonchev–Trinajstić information content (AvgIpc) is 3.44. The fourth-order valence-electron chi connectivity index (χ4n) is 3.77. The third-order valence-corrected chi connectivity index (χ3v) is 7.60. The predicted octanol–water partition coefficient (Wildman–Crippen LogP) is 5.02. The van der Waals surface area contributed by atoms with E-state index < -0.39 is 53.5 Å². The summed E-state index contributed by atoms with van der Waals surface area (Å²) in [6, 6.07) is -2.09. The molecule has 38 heavy (non-hydrogen) atoms. The van der Waals surface area contributed by atoms with Gasteiger partial charge in [0.1, 0.15) is 17.6 Å². The molecule has 2 amide bonds. The number of nitrogens with one attached hydrogen (secondary N) is 2. The van der Waals surface area contributed by atoms with Gasteiger partial charge in [-0.15, -0.1) is 11.3 Å². The van der Waals surface area contributed by atoms with E-state index >= 15 is 0 Å². The Morgan fingerprint density at radius 2 is 1.87 bits per heavy atom. The summed E-state index contributed by atoms with van der Waals surface area (Å²) in [7, 11) is 0. The van der Waals surface area contributed by atoms with Crippen LogP contribution in [0.25, 0.3) is 10.4 Å². The number of nitrogens with zero attached hydrogens (tertiary/aromatic N) is 3. The minimum Gasteiger partial charge on any atom is -0.388 e. The maximum atomic E-state index is 14.1. The van der Waals surface area contributed by atoms with Crippen LogP contribution in [0.4, 0.5) is 27.8 Å². The van der Waals surface area contributed by atoms with Gasteiger partial charge in [-0.05, 0) is 53.5 Å². The van der Waals surface area contributed by atoms with E-state index in [4.69, 9.17) is 0 Å². The highest BCUT2D eigenvalue weighted by atomic mass is 32.1. The fraction of sp³-hybridized carbons (Fsp3) is 0.583. The molecule has 3 atom stereocenters. The van der Waals surface area contributed by atoms with Crippen molar-refractivity contribution >= 4 is 29.0 Å². The van der Waals surface area contributed by atoms with E-state index in [1.165, 1.54) is 18.7 Å². The van der Waals surface area contributed by atoms with Crippen LogP contribution in [0.5, 0.6) is 0 Å². The van der Waals surface area contributed by atoms with Crippen LogP contribution in [0.3, 0.4) is 0 Å². The summed E-state index contributed by atoms with van der Waals surface area (Å²) in [5, 5.41) is 14.6. The van der Waals surface area contributed by atoms with Crippen LogP contribution in [-0.4, -0.2) is 68.2 Å². The number of alkyl halides is 5. The summed E-state index contributed by atoms with van der Waals surface area (Å²) in [6.07, 6.45) is -5.32. The maximum Gasteiger partial charge on any atom is 0.408 e. The van der Waals surface area contributed by atoms with Gasteiger partial charge in [-0.25, -0.2) is 18.7 Å². The molecule has 2 aromatic heterocycles. The third-order valence-electron chi connectivity index (χ3n) is 6.52. The van der Waals surface area contributed by atoms with E-state index in [1.54, 1.807) is 6.92 Å². The van der Waals surface area contributed by atoms with Crippen molar-refractivity contribution < 1.29 is 36.6 Å². The van der Waals surface area contributed by atoms with Crippen molar-refractivity contribution in [2.75, 3.05) is 11.9 Å². The number of carbonyl (C=O) groups excluding carboxylic acids is 2. The molecule has 0 bridgehead atoms. The lowest BCUT2D eigenvalue weighted by Gasteiger charge is -2.26. The molecular formula is C24H30F5N5O3S. The Bertz CT molecular complexity index is 1180. The number of aliphatic hydroxyl groups is 1. The number of anilines is 1. The molecule has 0 aromatic carbocycles. The van der Waals surface area contributed by atoms with Gasteiger partial charge in [0.15, 0.2) is 5.01 Å².